The standard InChI is InChI=1S/C21H31N3O3/c1-15-12-18(16(2)27-15)20(26)24-11-10-22(3)21(14-24)7-6-19(25)23(9-8-21)13-17-4-5-17/h12,17H,4-11,13-14H2,1-3H3. The van der Waals surface area contributed by atoms with Crippen LogP contribution in [-0.4, -0.2) is 71.8 Å². The molecule has 1 atom stereocenters. The first kappa shape index (κ1) is 18.5. The summed E-state index contributed by atoms with van der Waals surface area (Å²) in [5, 5.41) is 0. The summed E-state index contributed by atoms with van der Waals surface area (Å²) in [6.07, 6.45) is 4.88. The molecule has 3 fully saturated rings. The van der Waals surface area contributed by atoms with Gasteiger partial charge in [0.15, 0.2) is 0 Å². The summed E-state index contributed by atoms with van der Waals surface area (Å²) in [5.41, 5.74) is 0.571. The number of hydrogen-bond acceptors (Lipinski definition) is 4. The van der Waals surface area contributed by atoms with E-state index in [2.05, 4.69) is 16.8 Å². The van der Waals surface area contributed by atoms with Gasteiger partial charge >= 0.3 is 0 Å². The van der Waals surface area contributed by atoms with Gasteiger partial charge in [0.25, 0.3) is 5.91 Å². The van der Waals surface area contributed by atoms with Crippen molar-refractivity contribution in [2.75, 3.05) is 39.8 Å². The summed E-state index contributed by atoms with van der Waals surface area (Å²) in [6, 6.07) is 1.84. The highest BCUT2D eigenvalue weighted by Gasteiger charge is 2.44. The number of carbonyl (C=O) groups is 2. The maximum atomic E-state index is 13.1. The molecule has 1 aromatic heterocycles. The largest absolute Gasteiger partial charge is 0.466 e. The molecule has 3 aliphatic rings. The molecule has 0 N–H and O–H groups in total. The Morgan fingerprint density at radius 2 is 2.00 bits per heavy atom. The van der Waals surface area contributed by atoms with Crippen molar-refractivity contribution in [3.05, 3.63) is 23.2 Å². The molecule has 27 heavy (non-hydrogen) atoms. The quantitative estimate of drug-likeness (QED) is 0.817. The van der Waals surface area contributed by atoms with Crippen LogP contribution in [0.4, 0.5) is 0 Å². The van der Waals surface area contributed by atoms with Gasteiger partial charge in [0.1, 0.15) is 11.5 Å². The molecule has 6 heteroatoms. The first-order chi connectivity index (χ1) is 12.9. The smallest absolute Gasteiger partial charge is 0.257 e. The summed E-state index contributed by atoms with van der Waals surface area (Å²) in [7, 11) is 2.15. The van der Waals surface area contributed by atoms with Gasteiger partial charge in [-0.1, -0.05) is 0 Å². The minimum absolute atomic E-state index is 0.0576. The van der Waals surface area contributed by atoms with Gasteiger partial charge < -0.3 is 14.2 Å². The Hall–Kier alpha value is -1.82. The lowest BCUT2D eigenvalue weighted by Gasteiger charge is -2.49. The Kier molecular flexibility index (Phi) is 4.78. The van der Waals surface area contributed by atoms with Gasteiger partial charge in [0.2, 0.25) is 5.91 Å². The van der Waals surface area contributed by atoms with Gasteiger partial charge in [-0.15, -0.1) is 0 Å². The van der Waals surface area contributed by atoms with Gasteiger partial charge in [-0.3, -0.25) is 14.5 Å². The molecule has 2 amide bonds. The first-order valence-corrected chi connectivity index (χ1v) is 10.2. The van der Waals surface area contributed by atoms with Crippen LogP contribution in [0, 0.1) is 19.8 Å². The van der Waals surface area contributed by atoms with Crippen molar-refractivity contribution < 1.29 is 14.0 Å². The monoisotopic (exact) mass is 373 g/mol. The zero-order chi connectivity index (χ0) is 19.2. The molecule has 1 aromatic rings. The molecule has 6 nitrogen and oxygen atoms in total. The van der Waals surface area contributed by atoms with E-state index in [1.807, 2.05) is 24.8 Å². The van der Waals surface area contributed by atoms with E-state index in [1.165, 1.54) is 12.8 Å². The molecule has 4 rings (SSSR count). The zero-order valence-corrected chi connectivity index (χ0v) is 16.8. The van der Waals surface area contributed by atoms with Crippen molar-refractivity contribution in [3.8, 4) is 0 Å². The second-order valence-corrected chi connectivity index (χ2v) is 8.73. The molecule has 1 aliphatic carbocycles. The fourth-order valence-corrected chi connectivity index (χ4v) is 4.69. The van der Waals surface area contributed by atoms with E-state index in [4.69, 9.17) is 4.42 Å². The van der Waals surface area contributed by atoms with Crippen LogP contribution in [0.25, 0.3) is 0 Å². The number of likely N-dealkylation sites (tertiary alicyclic amines) is 1. The van der Waals surface area contributed by atoms with Gasteiger partial charge in [-0.25, -0.2) is 0 Å². The van der Waals surface area contributed by atoms with Crippen LogP contribution in [0.5, 0.6) is 0 Å². The van der Waals surface area contributed by atoms with Crippen LogP contribution < -0.4 is 0 Å². The molecule has 1 saturated carbocycles. The lowest BCUT2D eigenvalue weighted by atomic mass is 9.86. The van der Waals surface area contributed by atoms with Crippen molar-refractivity contribution in [1.29, 1.82) is 0 Å². The van der Waals surface area contributed by atoms with Crippen molar-refractivity contribution in [2.45, 2.75) is 51.5 Å². The predicted molar refractivity (Wildman–Crippen MR) is 103 cm³/mol. The normalized spacial score (nSPS) is 27.3. The summed E-state index contributed by atoms with van der Waals surface area (Å²) >= 11 is 0. The number of amides is 2. The highest BCUT2D eigenvalue weighted by Crippen LogP contribution is 2.35. The van der Waals surface area contributed by atoms with Crippen LogP contribution in [0.2, 0.25) is 0 Å². The molecule has 1 spiro atoms. The van der Waals surface area contributed by atoms with E-state index < -0.39 is 0 Å². The van der Waals surface area contributed by atoms with Crippen molar-refractivity contribution in [2.24, 2.45) is 5.92 Å². The third-order valence-electron chi connectivity index (χ3n) is 6.74. The topological polar surface area (TPSA) is 57.0 Å². The predicted octanol–water partition coefficient (Wildman–Crippen LogP) is 2.45. The van der Waals surface area contributed by atoms with E-state index in [9.17, 15) is 9.59 Å². The maximum Gasteiger partial charge on any atom is 0.257 e. The number of aryl methyl sites for hydroxylation is 2. The van der Waals surface area contributed by atoms with Crippen LogP contribution in [0.15, 0.2) is 10.5 Å². The summed E-state index contributed by atoms with van der Waals surface area (Å²) in [5.74, 6) is 2.53. The minimum Gasteiger partial charge on any atom is -0.466 e. The number of nitrogens with zero attached hydrogens (tertiary/aromatic N) is 3. The lowest BCUT2D eigenvalue weighted by molar-refractivity contribution is -0.130. The molecule has 2 aliphatic heterocycles. The Morgan fingerprint density at radius 1 is 1.22 bits per heavy atom. The maximum absolute atomic E-state index is 13.1. The number of carbonyl (C=O) groups excluding carboxylic acids is 2. The molecular formula is C21H31N3O3. The van der Waals surface area contributed by atoms with Gasteiger partial charge in [0.05, 0.1) is 5.56 Å². The van der Waals surface area contributed by atoms with Crippen molar-refractivity contribution in [3.63, 3.8) is 0 Å². The number of likely N-dealkylation sites (N-methyl/N-ethyl adjacent to an activating group) is 1. The number of furan rings is 1. The Bertz CT molecular complexity index is 739. The molecular weight excluding hydrogens is 342 g/mol. The highest BCUT2D eigenvalue weighted by molar-refractivity contribution is 5.95. The molecule has 0 bridgehead atoms. The Balaban J connectivity index is 1.50. The van der Waals surface area contributed by atoms with E-state index in [0.29, 0.717) is 24.3 Å². The molecule has 0 radical (unpaired) electrons. The molecule has 2 saturated heterocycles. The summed E-state index contributed by atoms with van der Waals surface area (Å²) in [6.45, 7) is 7.72. The lowest BCUT2D eigenvalue weighted by Crippen LogP contribution is -2.62. The third kappa shape index (κ3) is 3.64. The van der Waals surface area contributed by atoms with Crippen LogP contribution >= 0.6 is 0 Å². The van der Waals surface area contributed by atoms with Gasteiger partial charge in [-0.05, 0) is 58.6 Å². The Morgan fingerprint density at radius 3 is 2.67 bits per heavy atom. The molecule has 0 aromatic carbocycles. The number of rotatable bonds is 3. The average Bonchev–Trinajstić information content (AvgIpc) is 3.41. The van der Waals surface area contributed by atoms with E-state index in [1.54, 1.807) is 0 Å². The Labute approximate surface area is 161 Å². The number of hydrogen-bond donors (Lipinski definition) is 0. The SMILES string of the molecule is Cc1cc(C(=O)N2CCN(C)C3(CCC(=O)N(CC4CC4)CC3)C2)c(C)o1. The van der Waals surface area contributed by atoms with E-state index in [0.717, 1.165) is 50.7 Å². The third-order valence-corrected chi connectivity index (χ3v) is 6.74. The molecule has 1 unspecified atom stereocenters. The minimum atomic E-state index is -0.103. The zero-order valence-electron chi connectivity index (χ0n) is 16.8. The fourth-order valence-electron chi connectivity index (χ4n) is 4.69. The molecule has 3 heterocycles. The fraction of sp³-hybridized carbons (Fsp3) is 0.714. The van der Waals surface area contributed by atoms with Crippen LogP contribution in [0.3, 0.4) is 0 Å². The van der Waals surface area contributed by atoms with E-state index in [-0.39, 0.29) is 17.4 Å². The van der Waals surface area contributed by atoms with E-state index >= 15 is 0 Å². The second kappa shape index (κ2) is 6.97. The van der Waals surface area contributed by atoms with Crippen LogP contribution in [-0.2, 0) is 4.79 Å². The van der Waals surface area contributed by atoms with Gasteiger partial charge in [-0.2, -0.15) is 0 Å². The van der Waals surface area contributed by atoms with Crippen LogP contribution in [0.1, 0.15) is 54.0 Å². The number of piperazine rings is 1. The van der Waals surface area contributed by atoms with Crippen molar-refractivity contribution >= 4 is 11.8 Å². The summed E-state index contributed by atoms with van der Waals surface area (Å²) in [4.78, 5) is 32.1. The highest BCUT2D eigenvalue weighted by atomic mass is 16.3. The van der Waals surface area contributed by atoms with Crippen molar-refractivity contribution in [1.82, 2.24) is 14.7 Å². The second-order valence-electron chi connectivity index (χ2n) is 8.73. The molecule has 148 valence electrons. The average molecular weight is 373 g/mol. The van der Waals surface area contributed by atoms with Gasteiger partial charge in [0, 0.05) is 44.7 Å². The summed E-state index contributed by atoms with van der Waals surface area (Å²) < 4.78 is 5.57. The first-order valence-electron chi connectivity index (χ1n) is 10.2.